The van der Waals surface area contributed by atoms with Gasteiger partial charge in [-0.25, -0.2) is 0 Å². The summed E-state index contributed by atoms with van der Waals surface area (Å²) in [6.07, 6.45) is 2.73. The lowest BCUT2D eigenvalue weighted by atomic mass is 9.63. The van der Waals surface area contributed by atoms with Crippen molar-refractivity contribution in [2.75, 3.05) is 6.61 Å². The van der Waals surface area contributed by atoms with Gasteiger partial charge in [-0.3, -0.25) is 9.59 Å². The normalized spacial score (nSPS) is 16.5. The molecule has 2 atom stereocenters. The molecule has 2 unspecified atom stereocenters. The van der Waals surface area contributed by atoms with E-state index in [1.165, 1.54) is 0 Å². The fourth-order valence-corrected chi connectivity index (χ4v) is 5.68. The summed E-state index contributed by atoms with van der Waals surface area (Å²) in [5.41, 5.74) is 0.238. The number of fused-ring (bicyclic) bond motifs is 2. The number of benzene rings is 4. The van der Waals surface area contributed by atoms with E-state index in [0.717, 1.165) is 59.6 Å². The minimum Gasteiger partial charge on any atom is -0.510 e. The Kier molecular flexibility index (Phi) is 9.53. The van der Waals surface area contributed by atoms with Crippen LogP contribution in [0.4, 0.5) is 0 Å². The topological polar surface area (TPSA) is 71.1 Å². The van der Waals surface area contributed by atoms with Crippen molar-refractivity contribution >= 4 is 41.2 Å². The average molecular weight is 580 g/mol. The second-order valence-corrected chi connectivity index (χ2v) is 12.5. The summed E-state index contributed by atoms with van der Waals surface area (Å²) in [7, 11) is 1.09. The lowest BCUT2D eigenvalue weighted by Gasteiger charge is -2.41. The summed E-state index contributed by atoms with van der Waals surface area (Å²) < 4.78 is 22.7. The van der Waals surface area contributed by atoms with Gasteiger partial charge in [0.25, 0.3) is 5.97 Å². The first-order chi connectivity index (χ1) is 20.7. The largest absolute Gasteiger partial charge is 0.576 e. The Morgan fingerprint density at radius 2 is 1.51 bits per heavy atom. The van der Waals surface area contributed by atoms with Crippen LogP contribution in [0.5, 0.6) is 0 Å². The Morgan fingerprint density at radius 3 is 2.14 bits per heavy atom. The molecule has 1 aliphatic rings. The van der Waals surface area contributed by atoms with Crippen molar-refractivity contribution in [1.82, 2.24) is 0 Å². The zero-order valence-electron chi connectivity index (χ0n) is 25.5. The minimum absolute atomic E-state index is 0.153. The fourth-order valence-electron chi connectivity index (χ4n) is 5.68. The van der Waals surface area contributed by atoms with Gasteiger partial charge in [0.05, 0.1) is 11.3 Å². The highest BCUT2D eigenvalue weighted by Crippen LogP contribution is 2.47. The highest BCUT2D eigenvalue weighted by Gasteiger charge is 2.47. The lowest BCUT2D eigenvalue weighted by Crippen LogP contribution is -2.42. The van der Waals surface area contributed by atoms with Gasteiger partial charge in [-0.15, -0.1) is 0 Å². The number of rotatable bonds is 11. The summed E-state index contributed by atoms with van der Waals surface area (Å²) in [6, 6.07) is 28.0. The summed E-state index contributed by atoms with van der Waals surface area (Å²) >= 11 is 0. The standard InChI is InChI=1S/C36H40BO6/c1-35(2,23-30(25-14-6-5-7-15-25)33(38)43-37-42-32-20-12-13-21-40-32)36(3,4)34(39)41-24-31-28-18-10-8-16-26(28)22-27-17-9-11-19-29(27)31/h5-11,14-19,22,30,32H,12-13,20-21,23-24H2,1-4H3. The van der Waals surface area contributed by atoms with Gasteiger partial charge in [0, 0.05) is 12.2 Å². The van der Waals surface area contributed by atoms with Gasteiger partial charge < -0.3 is 18.8 Å². The molecule has 1 radical (unpaired) electrons. The van der Waals surface area contributed by atoms with E-state index in [1.54, 1.807) is 0 Å². The van der Waals surface area contributed by atoms with Gasteiger partial charge >= 0.3 is 13.7 Å². The van der Waals surface area contributed by atoms with Crippen LogP contribution in [-0.2, 0) is 35.0 Å². The molecule has 0 spiro atoms. The first kappa shape index (κ1) is 30.8. The zero-order chi connectivity index (χ0) is 30.5. The van der Waals surface area contributed by atoms with Crippen LogP contribution in [0.3, 0.4) is 0 Å². The molecule has 0 aromatic heterocycles. The molecule has 43 heavy (non-hydrogen) atoms. The van der Waals surface area contributed by atoms with E-state index in [0.29, 0.717) is 13.0 Å². The fraction of sp³-hybridized carbons (Fsp3) is 0.389. The van der Waals surface area contributed by atoms with E-state index in [9.17, 15) is 9.59 Å². The molecule has 1 saturated heterocycles. The van der Waals surface area contributed by atoms with E-state index >= 15 is 0 Å². The smallest absolute Gasteiger partial charge is 0.510 e. The van der Waals surface area contributed by atoms with Gasteiger partial charge in [0.15, 0.2) is 0 Å². The van der Waals surface area contributed by atoms with Crippen LogP contribution in [0, 0.1) is 10.8 Å². The second kappa shape index (κ2) is 13.3. The van der Waals surface area contributed by atoms with E-state index in [4.69, 9.17) is 18.8 Å². The first-order valence-electron chi connectivity index (χ1n) is 15.1. The van der Waals surface area contributed by atoms with Gasteiger partial charge in [0.1, 0.15) is 12.9 Å². The summed E-state index contributed by atoms with van der Waals surface area (Å²) in [6.45, 7) is 8.57. The van der Waals surface area contributed by atoms with Crippen molar-refractivity contribution in [2.45, 2.75) is 72.2 Å². The van der Waals surface area contributed by atoms with Crippen LogP contribution in [-0.4, -0.2) is 32.5 Å². The van der Waals surface area contributed by atoms with Crippen LogP contribution in [0.25, 0.3) is 21.5 Å². The molecule has 0 saturated carbocycles. The maximum absolute atomic E-state index is 13.8. The summed E-state index contributed by atoms with van der Waals surface area (Å²) in [5, 5.41) is 4.34. The maximum Gasteiger partial charge on any atom is 0.576 e. The van der Waals surface area contributed by atoms with Gasteiger partial charge in [-0.05, 0) is 78.1 Å². The predicted molar refractivity (Wildman–Crippen MR) is 169 cm³/mol. The quantitative estimate of drug-likeness (QED) is 0.102. The van der Waals surface area contributed by atoms with Crippen LogP contribution in [0.15, 0.2) is 84.9 Å². The van der Waals surface area contributed by atoms with Crippen molar-refractivity contribution in [3.8, 4) is 0 Å². The molecule has 0 aliphatic carbocycles. The third-order valence-electron chi connectivity index (χ3n) is 9.14. The average Bonchev–Trinajstić information content (AvgIpc) is 3.02. The molecule has 0 amide bonds. The Morgan fingerprint density at radius 1 is 0.884 bits per heavy atom. The molecule has 0 bridgehead atoms. The number of hydrogen-bond donors (Lipinski definition) is 0. The number of carbonyl (C=O) groups excluding carboxylic acids is 2. The van der Waals surface area contributed by atoms with E-state index in [-0.39, 0.29) is 12.6 Å². The SMILES string of the molecule is CC(C)(CC(C(=O)O[B]OC1CCCCO1)c1ccccc1)C(C)(C)C(=O)OCc1c2ccccc2cc2ccccc12. The monoisotopic (exact) mass is 579 g/mol. The van der Waals surface area contributed by atoms with Crippen molar-refractivity contribution in [3.63, 3.8) is 0 Å². The van der Waals surface area contributed by atoms with E-state index in [1.807, 2.05) is 82.3 Å². The molecular formula is C36H40BO6. The number of ether oxygens (including phenoxy) is 2. The summed E-state index contributed by atoms with van der Waals surface area (Å²) in [5.74, 6) is -1.38. The molecule has 5 rings (SSSR count). The number of carbonyl (C=O) groups is 2. The second-order valence-electron chi connectivity index (χ2n) is 12.5. The molecule has 6 nitrogen and oxygen atoms in total. The van der Waals surface area contributed by atoms with Gasteiger partial charge in [-0.2, -0.15) is 0 Å². The van der Waals surface area contributed by atoms with Crippen LogP contribution >= 0.6 is 0 Å². The van der Waals surface area contributed by atoms with E-state index < -0.39 is 29.0 Å². The molecule has 1 aliphatic heterocycles. The Hall–Kier alpha value is -3.68. The molecular weight excluding hydrogens is 539 g/mol. The van der Waals surface area contributed by atoms with Crippen LogP contribution in [0.2, 0.25) is 0 Å². The maximum atomic E-state index is 13.8. The van der Waals surface area contributed by atoms with Crippen molar-refractivity contribution in [2.24, 2.45) is 10.8 Å². The van der Waals surface area contributed by atoms with Crippen molar-refractivity contribution in [1.29, 1.82) is 0 Å². The van der Waals surface area contributed by atoms with Crippen LogP contribution < -0.4 is 0 Å². The van der Waals surface area contributed by atoms with Gasteiger partial charge in [0.2, 0.25) is 0 Å². The number of esters is 1. The molecule has 0 N–H and O–H groups in total. The Balaban J connectivity index is 1.31. The molecule has 1 fully saturated rings. The number of hydrogen-bond acceptors (Lipinski definition) is 6. The molecule has 7 heteroatoms. The van der Waals surface area contributed by atoms with Crippen molar-refractivity contribution < 1.29 is 28.4 Å². The molecule has 1 heterocycles. The first-order valence-corrected chi connectivity index (χ1v) is 15.1. The van der Waals surface area contributed by atoms with Gasteiger partial charge in [-0.1, -0.05) is 92.7 Å². The lowest BCUT2D eigenvalue weighted by molar-refractivity contribution is -0.164. The van der Waals surface area contributed by atoms with E-state index in [2.05, 4.69) is 30.3 Å². The highest BCUT2D eigenvalue weighted by molar-refractivity contribution is 6.22. The van der Waals surface area contributed by atoms with Crippen LogP contribution in [0.1, 0.15) is 70.4 Å². The Labute approximate surface area is 255 Å². The highest BCUT2D eigenvalue weighted by atomic mass is 16.7. The molecule has 223 valence electrons. The third-order valence-corrected chi connectivity index (χ3v) is 9.14. The third kappa shape index (κ3) is 6.95. The minimum atomic E-state index is -0.920. The molecule has 4 aromatic carbocycles. The zero-order valence-corrected chi connectivity index (χ0v) is 25.5. The molecule has 4 aromatic rings. The predicted octanol–water partition coefficient (Wildman–Crippen LogP) is 7.88. The van der Waals surface area contributed by atoms with Crippen molar-refractivity contribution in [3.05, 3.63) is 96.1 Å². The Bertz CT molecular complexity index is 1500. The summed E-state index contributed by atoms with van der Waals surface area (Å²) in [4.78, 5) is 27.2.